The fraction of sp³-hybridized carbons (Fsp3) is 0.636. The molecular formula is C11H17N3OS. The van der Waals surface area contributed by atoms with E-state index in [2.05, 4.69) is 15.6 Å². The van der Waals surface area contributed by atoms with Crippen molar-refractivity contribution in [2.45, 2.75) is 38.8 Å². The standard InChI is InChI=1S/C11H17N3OS/c1-8-13-10(7-16-8)6-12-5-4-11(15)14-9-2-3-9/h7,9,12H,2-6H2,1H3,(H,14,15). The van der Waals surface area contributed by atoms with Crippen LogP contribution in [0.15, 0.2) is 5.38 Å². The normalized spacial score (nSPS) is 15.1. The molecule has 1 aromatic rings. The first-order chi connectivity index (χ1) is 7.74. The molecule has 1 aromatic heterocycles. The van der Waals surface area contributed by atoms with E-state index in [1.165, 1.54) is 0 Å². The number of thiazole rings is 1. The van der Waals surface area contributed by atoms with Gasteiger partial charge in [-0.1, -0.05) is 0 Å². The molecule has 2 N–H and O–H groups in total. The predicted octanol–water partition coefficient (Wildman–Crippen LogP) is 1.21. The number of aryl methyl sites for hydroxylation is 1. The predicted molar refractivity (Wildman–Crippen MR) is 64.3 cm³/mol. The van der Waals surface area contributed by atoms with Crippen LogP contribution >= 0.6 is 11.3 Å². The third kappa shape index (κ3) is 3.90. The number of rotatable bonds is 6. The number of aromatic nitrogens is 1. The lowest BCUT2D eigenvalue weighted by Gasteiger charge is -2.03. The fourth-order valence-electron chi connectivity index (χ4n) is 1.44. The molecule has 88 valence electrons. The van der Waals surface area contributed by atoms with Crippen molar-refractivity contribution < 1.29 is 4.79 Å². The van der Waals surface area contributed by atoms with Gasteiger partial charge in [-0.2, -0.15) is 0 Å². The summed E-state index contributed by atoms with van der Waals surface area (Å²) >= 11 is 1.66. The Kier molecular flexibility index (Phi) is 3.90. The van der Waals surface area contributed by atoms with Gasteiger partial charge in [-0.3, -0.25) is 4.79 Å². The molecule has 1 fully saturated rings. The summed E-state index contributed by atoms with van der Waals surface area (Å²) in [7, 11) is 0. The summed E-state index contributed by atoms with van der Waals surface area (Å²) in [6.07, 6.45) is 2.86. The van der Waals surface area contributed by atoms with Gasteiger partial charge in [0.15, 0.2) is 0 Å². The van der Waals surface area contributed by atoms with Gasteiger partial charge in [0, 0.05) is 30.9 Å². The molecule has 0 spiro atoms. The molecule has 16 heavy (non-hydrogen) atoms. The number of carbonyl (C=O) groups is 1. The minimum atomic E-state index is 0.157. The maximum atomic E-state index is 11.3. The van der Waals surface area contributed by atoms with E-state index in [4.69, 9.17) is 0 Å². The van der Waals surface area contributed by atoms with Crippen LogP contribution in [0.25, 0.3) is 0 Å². The lowest BCUT2D eigenvalue weighted by Crippen LogP contribution is -2.29. The van der Waals surface area contributed by atoms with E-state index in [1.54, 1.807) is 11.3 Å². The Labute approximate surface area is 99.5 Å². The summed E-state index contributed by atoms with van der Waals surface area (Å²) in [5.74, 6) is 0.157. The number of nitrogens with zero attached hydrogens (tertiary/aromatic N) is 1. The molecule has 0 aliphatic heterocycles. The summed E-state index contributed by atoms with van der Waals surface area (Å²) in [5, 5.41) is 9.32. The van der Waals surface area contributed by atoms with E-state index < -0.39 is 0 Å². The fourth-order valence-corrected chi connectivity index (χ4v) is 2.05. The molecule has 1 aliphatic carbocycles. The Balaban J connectivity index is 1.55. The first-order valence-corrected chi connectivity index (χ1v) is 6.53. The van der Waals surface area contributed by atoms with Crippen molar-refractivity contribution in [3.05, 3.63) is 16.1 Å². The van der Waals surface area contributed by atoms with Crippen molar-refractivity contribution in [3.8, 4) is 0 Å². The van der Waals surface area contributed by atoms with Crippen LogP contribution in [-0.4, -0.2) is 23.5 Å². The highest BCUT2D eigenvalue weighted by atomic mass is 32.1. The Morgan fingerprint density at radius 3 is 3.06 bits per heavy atom. The van der Waals surface area contributed by atoms with Crippen LogP contribution in [0, 0.1) is 6.92 Å². The summed E-state index contributed by atoms with van der Waals surface area (Å²) in [6, 6.07) is 0.466. The molecule has 0 bridgehead atoms. The second kappa shape index (κ2) is 5.41. The SMILES string of the molecule is Cc1nc(CNCCC(=O)NC2CC2)cs1. The molecule has 0 radical (unpaired) electrons. The van der Waals surface area contributed by atoms with E-state index in [-0.39, 0.29) is 5.91 Å². The highest BCUT2D eigenvalue weighted by Gasteiger charge is 2.22. The highest BCUT2D eigenvalue weighted by Crippen LogP contribution is 2.18. The van der Waals surface area contributed by atoms with E-state index in [9.17, 15) is 4.79 Å². The van der Waals surface area contributed by atoms with Gasteiger partial charge in [0.1, 0.15) is 0 Å². The number of carbonyl (C=O) groups excluding carboxylic acids is 1. The Morgan fingerprint density at radius 1 is 1.62 bits per heavy atom. The number of nitrogens with one attached hydrogen (secondary N) is 2. The third-order valence-electron chi connectivity index (χ3n) is 2.44. The van der Waals surface area contributed by atoms with Crippen LogP contribution in [0.3, 0.4) is 0 Å². The average molecular weight is 239 g/mol. The van der Waals surface area contributed by atoms with Crippen LogP contribution in [0.4, 0.5) is 0 Å². The Morgan fingerprint density at radius 2 is 2.44 bits per heavy atom. The molecule has 1 saturated carbocycles. The maximum absolute atomic E-state index is 11.3. The van der Waals surface area contributed by atoms with E-state index in [1.807, 2.05) is 12.3 Å². The zero-order valence-electron chi connectivity index (χ0n) is 9.45. The molecule has 2 rings (SSSR count). The molecule has 1 heterocycles. The molecule has 0 atom stereocenters. The van der Waals surface area contributed by atoms with Crippen molar-refractivity contribution in [2.75, 3.05) is 6.54 Å². The van der Waals surface area contributed by atoms with Gasteiger partial charge in [-0.15, -0.1) is 11.3 Å². The summed E-state index contributed by atoms with van der Waals surface area (Å²) < 4.78 is 0. The first kappa shape index (κ1) is 11.5. The molecule has 5 heteroatoms. The van der Waals surface area contributed by atoms with Gasteiger partial charge in [0.25, 0.3) is 0 Å². The van der Waals surface area contributed by atoms with Crippen molar-refractivity contribution in [3.63, 3.8) is 0 Å². The molecule has 0 unspecified atom stereocenters. The van der Waals surface area contributed by atoms with Crippen molar-refractivity contribution in [1.29, 1.82) is 0 Å². The minimum Gasteiger partial charge on any atom is -0.353 e. The van der Waals surface area contributed by atoms with Crippen molar-refractivity contribution in [2.24, 2.45) is 0 Å². The van der Waals surface area contributed by atoms with Crippen LogP contribution in [-0.2, 0) is 11.3 Å². The number of hydrogen-bond acceptors (Lipinski definition) is 4. The number of amides is 1. The molecule has 0 saturated heterocycles. The maximum Gasteiger partial charge on any atom is 0.221 e. The second-order valence-electron chi connectivity index (χ2n) is 4.13. The monoisotopic (exact) mass is 239 g/mol. The molecule has 4 nitrogen and oxygen atoms in total. The second-order valence-corrected chi connectivity index (χ2v) is 5.19. The molecule has 1 aliphatic rings. The van der Waals surface area contributed by atoms with Crippen LogP contribution < -0.4 is 10.6 Å². The lowest BCUT2D eigenvalue weighted by atomic mass is 10.3. The Bertz CT molecular complexity index is 360. The van der Waals surface area contributed by atoms with Crippen molar-refractivity contribution in [1.82, 2.24) is 15.6 Å². The van der Waals surface area contributed by atoms with E-state index in [0.29, 0.717) is 12.5 Å². The minimum absolute atomic E-state index is 0.157. The number of hydrogen-bond donors (Lipinski definition) is 2. The van der Waals surface area contributed by atoms with Gasteiger partial charge >= 0.3 is 0 Å². The summed E-state index contributed by atoms with van der Waals surface area (Å²) in [6.45, 7) is 3.47. The van der Waals surface area contributed by atoms with E-state index >= 15 is 0 Å². The van der Waals surface area contributed by atoms with Gasteiger partial charge in [-0.05, 0) is 19.8 Å². The quantitative estimate of drug-likeness (QED) is 0.734. The zero-order valence-corrected chi connectivity index (χ0v) is 10.3. The zero-order chi connectivity index (χ0) is 11.4. The largest absolute Gasteiger partial charge is 0.353 e. The van der Waals surface area contributed by atoms with Gasteiger partial charge in [0.2, 0.25) is 5.91 Å². The molecular weight excluding hydrogens is 222 g/mol. The molecule has 1 amide bonds. The third-order valence-corrected chi connectivity index (χ3v) is 3.27. The summed E-state index contributed by atoms with van der Waals surface area (Å²) in [4.78, 5) is 15.7. The Hall–Kier alpha value is -0.940. The van der Waals surface area contributed by atoms with Crippen LogP contribution in [0.1, 0.15) is 30.0 Å². The van der Waals surface area contributed by atoms with Gasteiger partial charge < -0.3 is 10.6 Å². The average Bonchev–Trinajstić information content (AvgIpc) is 2.95. The van der Waals surface area contributed by atoms with Gasteiger partial charge in [0.05, 0.1) is 10.7 Å². The molecule has 0 aromatic carbocycles. The first-order valence-electron chi connectivity index (χ1n) is 5.65. The summed E-state index contributed by atoms with van der Waals surface area (Å²) in [5.41, 5.74) is 1.06. The topological polar surface area (TPSA) is 54.0 Å². The van der Waals surface area contributed by atoms with Crippen LogP contribution in [0.2, 0.25) is 0 Å². The van der Waals surface area contributed by atoms with E-state index in [0.717, 1.165) is 36.6 Å². The van der Waals surface area contributed by atoms with Crippen molar-refractivity contribution >= 4 is 17.2 Å². The highest BCUT2D eigenvalue weighted by molar-refractivity contribution is 7.09. The smallest absolute Gasteiger partial charge is 0.221 e. The van der Waals surface area contributed by atoms with Gasteiger partial charge in [-0.25, -0.2) is 4.98 Å². The lowest BCUT2D eigenvalue weighted by molar-refractivity contribution is -0.121. The van der Waals surface area contributed by atoms with Crippen LogP contribution in [0.5, 0.6) is 0 Å².